The Balaban J connectivity index is 1.91. The van der Waals surface area contributed by atoms with Gasteiger partial charge in [-0.1, -0.05) is 0 Å². The number of hydrogen-bond acceptors (Lipinski definition) is 2. The smallest absolute Gasteiger partial charge is 0.255 e. The highest BCUT2D eigenvalue weighted by molar-refractivity contribution is 9.10. The van der Waals surface area contributed by atoms with Crippen LogP contribution in [0.5, 0.6) is 0 Å². The first kappa shape index (κ1) is 12.0. The van der Waals surface area contributed by atoms with Crippen molar-refractivity contribution < 1.29 is 9.18 Å². The number of nitrogen functional groups attached to an aromatic ring is 1. The Hall–Kier alpha value is -1.10. The molecule has 18 heavy (non-hydrogen) atoms. The molecule has 1 heterocycles. The Morgan fingerprint density at radius 2 is 2.22 bits per heavy atom. The molecular weight excluding hydrogens is 299 g/mol. The Labute approximate surface area is 113 Å². The molecule has 2 aliphatic rings. The van der Waals surface area contributed by atoms with Gasteiger partial charge in [0.15, 0.2) is 0 Å². The van der Waals surface area contributed by atoms with Crippen LogP contribution in [0.4, 0.5) is 10.1 Å². The minimum atomic E-state index is -0.499. The lowest BCUT2D eigenvalue weighted by Gasteiger charge is -2.27. The second-order valence-electron chi connectivity index (χ2n) is 5.14. The summed E-state index contributed by atoms with van der Waals surface area (Å²) in [5.74, 6) is 0.109. The van der Waals surface area contributed by atoms with Gasteiger partial charge in [0, 0.05) is 17.1 Å². The molecule has 1 aliphatic heterocycles. The summed E-state index contributed by atoms with van der Waals surface area (Å²) in [6.45, 7) is 0.827. The van der Waals surface area contributed by atoms with E-state index in [0.717, 1.165) is 19.4 Å². The van der Waals surface area contributed by atoms with Crippen LogP contribution >= 0.6 is 15.9 Å². The van der Waals surface area contributed by atoms with Crippen molar-refractivity contribution in [1.29, 1.82) is 0 Å². The maximum absolute atomic E-state index is 13.3. The van der Waals surface area contributed by atoms with Gasteiger partial charge in [0.25, 0.3) is 5.91 Å². The standard InChI is InChI=1S/C13H14BrFN2O/c14-10-5-11(15)12(16)4-9(10)13(18)17-6-7-1-2-8(17)3-7/h4-5,7-8H,1-3,6,16H2. The van der Waals surface area contributed by atoms with Crippen LogP contribution in [0.1, 0.15) is 29.6 Å². The average molecular weight is 313 g/mol. The molecule has 5 heteroatoms. The van der Waals surface area contributed by atoms with Crippen LogP contribution in [0.25, 0.3) is 0 Å². The third-order valence-electron chi connectivity index (χ3n) is 3.99. The van der Waals surface area contributed by atoms with E-state index >= 15 is 0 Å². The number of hydrogen-bond donors (Lipinski definition) is 1. The van der Waals surface area contributed by atoms with Crippen molar-refractivity contribution >= 4 is 27.5 Å². The molecule has 1 aromatic carbocycles. The van der Waals surface area contributed by atoms with Crippen LogP contribution in [0, 0.1) is 11.7 Å². The molecule has 0 spiro atoms. The van der Waals surface area contributed by atoms with Gasteiger partial charge in [0.05, 0.1) is 11.3 Å². The molecule has 0 radical (unpaired) electrons. The lowest BCUT2D eigenvalue weighted by Crippen LogP contribution is -2.37. The molecule has 3 nitrogen and oxygen atoms in total. The predicted molar refractivity (Wildman–Crippen MR) is 70.7 cm³/mol. The van der Waals surface area contributed by atoms with E-state index in [2.05, 4.69) is 15.9 Å². The zero-order valence-electron chi connectivity index (χ0n) is 9.83. The highest BCUT2D eigenvalue weighted by atomic mass is 79.9. The zero-order valence-corrected chi connectivity index (χ0v) is 11.4. The van der Waals surface area contributed by atoms with Crippen LogP contribution < -0.4 is 5.73 Å². The first-order chi connectivity index (χ1) is 8.56. The summed E-state index contributed by atoms with van der Waals surface area (Å²) in [6.07, 6.45) is 3.42. The first-order valence-electron chi connectivity index (χ1n) is 6.11. The van der Waals surface area contributed by atoms with Gasteiger partial charge < -0.3 is 10.6 Å². The number of nitrogens with two attached hydrogens (primary N) is 1. The van der Waals surface area contributed by atoms with Crippen LogP contribution in [-0.2, 0) is 0 Å². The van der Waals surface area contributed by atoms with Crippen molar-refractivity contribution in [2.24, 2.45) is 5.92 Å². The lowest BCUT2D eigenvalue weighted by atomic mass is 10.1. The number of rotatable bonds is 1. The van der Waals surface area contributed by atoms with Crippen LogP contribution in [-0.4, -0.2) is 23.4 Å². The summed E-state index contributed by atoms with van der Waals surface area (Å²) in [6, 6.07) is 3.05. The van der Waals surface area contributed by atoms with Crippen molar-refractivity contribution in [1.82, 2.24) is 4.90 Å². The molecule has 0 aromatic heterocycles. The van der Waals surface area contributed by atoms with E-state index in [1.165, 1.54) is 18.6 Å². The van der Waals surface area contributed by atoms with Crippen LogP contribution in [0.15, 0.2) is 16.6 Å². The van der Waals surface area contributed by atoms with Crippen molar-refractivity contribution in [2.75, 3.05) is 12.3 Å². The number of benzene rings is 1. The molecule has 1 aliphatic carbocycles. The fourth-order valence-electron chi connectivity index (χ4n) is 3.06. The van der Waals surface area contributed by atoms with E-state index in [9.17, 15) is 9.18 Å². The second-order valence-corrected chi connectivity index (χ2v) is 6.00. The maximum Gasteiger partial charge on any atom is 0.255 e. The van der Waals surface area contributed by atoms with Gasteiger partial charge in [-0.2, -0.15) is 0 Å². The van der Waals surface area contributed by atoms with Gasteiger partial charge >= 0.3 is 0 Å². The molecule has 3 rings (SSSR count). The highest BCUT2D eigenvalue weighted by Gasteiger charge is 2.40. The number of carbonyl (C=O) groups excluding carboxylic acids is 1. The maximum atomic E-state index is 13.3. The summed E-state index contributed by atoms with van der Waals surface area (Å²) >= 11 is 3.24. The quantitative estimate of drug-likeness (QED) is 0.811. The number of anilines is 1. The highest BCUT2D eigenvalue weighted by Crippen LogP contribution is 2.38. The molecule has 2 bridgehead atoms. The molecule has 1 saturated heterocycles. The van der Waals surface area contributed by atoms with Crippen LogP contribution in [0.3, 0.4) is 0 Å². The molecule has 1 amide bonds. The minimum absolute atomic E-state index is 0.0194. The lowest BCUT2D eigenvalue weighted by molar-refractivity contribution is 0.0702. The van der Waals surface area contributed by atoms with Crippen molar-refractivity contribution in [3.63, 3.8) is 0 Å². The molecule has 2 unspecified atom stereocenters. The van der Waals surface area contributed by atoms with Gasteiger partial charge in [0.2, 0.25) is 0 Å². The second kappa shape index (κ2) is 4.23. The fourth-order valence-corrected chi connectivity index (χ4v) is 3.54. The Morgan fingerprint density at radius 1 is 1.44 bits per heavy atom. The number of fused-ring (bicyclic) bond motifs is 2. The van der Waals surface area contributed by atoms with Crippen LogP contribution in [0.2, 0.25) is 0 Å². The zero-order chi connectivity index (χ0) is 12.9. The van der Waals surface area contributed by atoms with Crippen molar-refractivity contribution in [3.05, 3.63) is 28.0 Å². The molecule has 1 saturated carbocycles. The van der Waals surface area contributed by atoms with Gasteiger partial charge in [-0.3, -0.25) is 4.79 Å². The number of halogens is 2. The fraction of sp³-hybridized carbons (Fsp3) is 0.462. The van der Waals surface area contributed by atoms with E-state index in [-0.39, 0.29) is 11.6 Å². The topological polar surface area (TPSA) is 46.3 Å². The van der Waals surface area contributed by atoms with Gasteiger partial charge in [-0.15, -0.1) is 0 Å². The Kier molecular flexibility index (Phi) is 2.81. The van der Waals surface area contributed by atoms with E-state index in [1.807, 2.05) is 4.90 Å². The summed E-state index contributed by atoms with van der Waals surface area (Å²) in [5, 5.41) is 0. The van der Waals surface area contributed by atoms with Crippen molar-refractivity contribution in [3.8, 4) is 0 Å². The average Bonchev–Trinajstić information content (AvgIpc) is 2.95. The molecule has 2 atom stereocenters. The number of likely N-dealkylation sites (tertiary alicyclic amines) is 1. The van der Waals surface area contributed by atoms with E-state index in [0.29, 0.717) is 22.0 Å². The normalized spacial score (nSPS) is 25.8. The number of carbonyl (C=O) groups is 1. The summed E-state index contributed by atoms with van der Waals surface area (Å²) in [4.78, 5) is 14.3. The minimum Gasteiger partial charge on any atom is -0.396 e. The number of nitrogens with zero attached hydrogens (tertiary/aromatic N) is 1. The predicted octanol–water partition coefficient (Wildman–Crippen LogP) is 2.79. The third kappa shape index (κ3) is 1.81. The summed E-state index contributed by atoms with van der Waals surface area (Å²) < 4.78 is 13.7. The van der Waals surface area contributed by atoms with E-state index in [1.54, 1.807) is 0 Å². The van der Waals surface area contributed by atoms with Gasteiger partial charge in [0.1, 0.15) is 5.82 Å². The van der Waals surface area contributed by atoms with Gasteiger partial charge in [-0.25, -0.2) is 4.39 Å². The first-order valence-corrected chi connectivity index (χ1v) is 6.91. The SMILES string of the molecule is Nc1cc(C(=O)N2CC3CCC2C3)c(Br)cc1F. The molecule has 96 valence electrons. The molecule has 1 aromatic rings. The van der Waals surface area contributed by atoms with Gasteiger partial charge in [-0.05, 0) is 53.2 Å². The summed E-state index contributed by atoms with van der Waals surface area (Å²) in [7, 11) is 0. The Morgan fingerprint density at radius 3 is 2.83 bits per heavy atom. The Bertz CT molecular complexity index is 520. The monoisotopic (exact) mass is 312 g/mol. The number of piperidine rings is 1. The summed E-state index contributed by atoms with van der Waals surface area (Å²) in [5.41, 5.74) is 6.01. The number of amides is 1. The molecule has 2 fully saturated rings. The van der Waals surface area contributed by atoms with Crippen molar-refractivity contribution in [2.45, 2.75) is 25.3 Å². The molecular formula is C13H14BrFN2O. The van der Waals surface area contributed by atoms with E-state index in [4.69, 9.17) is 5.73 Å². The van der Waals surface area contributed by atoms with E-state index < -0.39 is 5.82 Å². The third-order valence-corrected chi connectivity index (χ3v) is 4.64. The largest absolute Gasteiger partial charge is 0.396 e. The molecule has 2 N–H and O–H groups in total.